The molecule has 236 valence electrons. The minimum absolute atomic E-state index is 0.00894. The summed E-state index contributed by atoms with van der Waals surface area (Å²) in [7, 11) is 0. The molecule has 24 heteroatoms. The summed E-state index contributed by atoms with van der Waals surface area (Å²) in [6, 6.07) is 0. The van der Waals surface area contributed by atoms with E-state index < -0.39 is 74.4 Å². The number of imidazole rings is 2. The SMILES string of the molecule is Nc1nc2c(ncn2[C@@H]2O[C@@H]3CO[P@@](=O)(S)O[C@H]4[C@H](F)[C@H](n5cnc6c(=O)[nH]cnc65)O[C@@H]4CO[P@@](=O)(S)O[C@@H]2C3)c(=O)[nH]1. The number of nitrogen functional groups attached to an aromatic ring is 1. The van der Waals surface area contributed by atoms with E-state index in [1.807, 2.05) is 0 Å². The number of ether oxygens (including phenoxy) is 2. The zero-order valence-electron chi connectivity index (χ0n) is 21.9. The quantitative estimate of drug-likeness (QED) is 0.147. The Morgan fingerprint density at radius 2 is 1.59 bits per heavy atom. The third-order valence-corrected chi connectivity index (χ3v) is 10.4. The number of nitrogens with one attached hydrogen (secondary N) is 2. The molecule has 7 rings (SSSR count). The molecule has 2 bridgehead atoms. The normalized spacial score (nSPS) is 36.6. The van der Waals surface area contributed by atoms with Crippen molar-refractivity contribution in [1.29, 1.82) is 0 Å². The molecule has 44 heavy (non-hydrogen) atoms. The van der Waals surface area contributed by atoms with Crippen molar-refractivity contribution in [3.05, 3.63) is 39.7 Å². The summed E-state index contributed by atoms with van der Waals surface area (Å²) < 4.78 is 79.3. The van der Waals surface area contributed by atoms with Gasteiger partial charge in [-0.25, -0.2) is 28.5 Å². The van der Waals surface area contributed by atoms with Gasteiger partial charge in [-0.1, -0.05) is 24.5 Å². The summed E-state index contributed by atoms with van der Waals surface area (Å²) in [6.45, 7) is -9.53. The van der Waals surface area contributed by atoms with E-state index in [4.69, 9.17) is 33.3 Å². The standard InChI is InChI=1S/C20H22FN9O10P2S2/c21-10-13-9(38-19(10)29-5-25-11-14(29)23-4-24-16(11)31)3-36-41(33,43)39-8-1-7(2-35-42(34,44)40-13)37-18(8)30-6-26-12-15(30)27-20(22)28-17(12)32/h4-10,13,18-19H,1-3H2,(H,33,43)(H,34,44)(H,23,24,31)(H3,22,27,28,32)/t7-,8+,9+,10-,13+,18+,19+,41+,42+/m0/s1. The second-order valence-electron chi connectivity index (χ2n) is 9.97. The van der Waals surface area contributed by atoms with Crippen LogP contribution in [-0.2, 0) is 36.7 Å². The average Bonchev–Trinajstić information content (AvgIpc) is 3.72. The predicted molar refractivity (Wildman–Crippen MR) is 153 cm³/mol. The number of nitrogens with two attached hydrogens (primary N) is 1. The highest BCUT2D eigenvalue weighted by Crippen LogP contribution is 2.60. The van der Waals surface area contributed by atoms with Crippen LogP contribution < -0.4 is 16.9 Å². The topological polar surface area (TPSA) is 243 Å². The first kappa shape index (κ1) is 30.0. The number of nitrogens with zero attached hydrogens (tertiary/aromatic N) is 6. The number of thiol groups is 2. The molecule has 4 aromatic heterocycles. The summed E-state index contributed by atoms with van der Waals surface area (Å²) in [5, 5.41) is 0. The lowest BCUT2D eigenvalue weighted by molar-refractivity contribution is -0.0561. The molecule has 0 aromatic carbocycles. The number of fused-ring (bicyclic) bond motifs is 5. The molecule has 4 aromatic rings. The van der Waals surface area contributed by atoms with E-state index in [9.17, 15) is 18.7 Å². The second kappa shape index (κ2) is 11.0. The average molecular weight is 694 g/mol. The maximum Gasteiger partial charge on any atom is 0.386 e. The molecule has 0 unspecified atom stereocenters. The minimum atomic E-state index is -4.29. The van der Waals surface area contributed by atoms with Crippen LogP contribution in [0.25, 0.3) is 22.3 Å². The summed E-state index contributed by atoms with van der Waals surface area (Å²) in [5.41, 5.74) is 4.50. The van der Waals surface area contributed by atoms with Crippen molar-refractivity contribution in [2.45, 2.75) is 49.5 Å². The van der Waals surface area contributed by atoms with Crippen LogP contribution in [0.3, 0.4) is 0 Å². The number of aromatic amines is 2. The Labute approximate surface area is 254 Å². The molecule has 7 heterocycles. The van der Waals surface area contributed by atoms with E-state index in [2.05, 4.69) is 54.4 Å². The fraction of sp³-hybridized carbons (Fsp3) is 0.500. The largest absolute Gasteiger partial charge is 0.386 e. The van der Waals surface area contributed by atoms with Crippen LogP contribution in [0, 0.1) is 0 Å². The maximum atomic E-state index is 15.9. The van der Waals surface area contributed by atoms with Crippen LogP contribution in [0.15, 0.2) is 28.6 Å². The smallest absolute Gasteiger partial charge is 0.369 e. The number of aromatic nitrogens is 8. The van der Waals surface area contributed by atoms with Gasteiger partial charge in [-0.3, -0.25) is 41.8 Å². The van der Waals surface area contributed by atoms with Gasteiger partial charge < -0.3 is 20.2 Å². The summed E-state index contributed by atoms with van der Waals surface area (Å²) in [5.74, 6) is -0.181. The van der Waals surface area contributed by atoms with Gasteiger partial charge in [-0.05, 0) is 0 Å². The van der Waals surface area contributed by atoms with Crippen molar-refractivity contribution in [3.63, 3.8) is 0 Å². The summed E-state index contributed by atoms with van der Waals surface area (Å²) in [4.78, 5) is 45.3. The Morgan fingerprint density at radius 3 is 2.36 bits per heavy atom. The third kappa shape index (κ3) is 5.42. The van der Waals surface area contributed by atoms with Gasteiger partial charge in [0.05, 0.1) is 38.3 Å². The molecule has 0 saturated carbocycles. The second-order valence-corrected chi connectivity index (χ2v) is 15.7. The Hall–Kier alpha value is -2.65. The molecular weight excluding hydrogens is 671 g/mol. The van der Waals surface area contributed by atoms with Crippen molar-refractivity contribution in [3.8, 4) is 0 Å². The number of halogens is 1. The fourth-order valence-corrected chi connectivity index (χ4v) is 8.24. The lowest BCUT2D eigenvalue weighted by Crippen LogP contribution is -2.33. The van der Waals surface area contributed by atoms with Gasteiger partial charge in [0.15, 0.2) is 41.0 Å². The lowest BCUT2D eigenvalue weighted by atomic mass is 10.1. The fourth-order valence-electron chi connectivity index (χ4n) is 5.25. The van der Waals surface area contributed by atoms with Gasteiger partial charge in [-0.15, -0.1) is 0 Å². The minimum Gasteiger partial charge on any atom is -0.369 e. The van der Waals surface area contributed by atoms with E-state index in [1.165, 1.54) is 10.9 Å². The monoisotopic (exact) mass is 693 g/mol. The van der Waals surface area contributed by atoms with Gasteiger partial charge in [0.1, 0.15) is 18.3 Å². The number of hydrogen-bond donors (Lipinski definition) is 5. The molecule has 19 nitrogen and oxygen atoms in total. The first-order chi connectivity index (χ1) is 20.9. The van der Waals surface area contributed by atoms with Crippen LogP contribution in [-0.4, -0.2) is 82.8 Å². The van der Waals surface area contributed by atoms with Crippen LogP contribution >= 0.6 is 38.1 Å². The highest BCUT2D eigenvalue weighted by atomic mass is 32.7. The number of H-pyrrole nitrogens is 2. The van der Waals surface area contributed by atoms with Gasteiger partial charge in [0.2, 0.25) is 5.95 Å². The number of rotatable bonds is 2. The molecule has 0 amide bonds. The highest BCUT2D eigenvalue weighted by Gasteiger charge is 2.52. The molecule has 3 fully saturated rings. The Bertz CT molecular complexity index is 1970. The van der Waals surface area contributed by atoms with E-state index >= 15 is 4.39 Å². The van der Waals surface area contributed by atoms with Crippen LogP contribution in [0.2, 0.25) is 0 Å². The zero-order chi connectivity index (χ0) is 31.0. The molecule has 3 aliphatic rings. The Morgan fingerprint density at radius 1 is 0.909 bits per heavy atom. The number of anilines is 1. The predicted octanol–water partition coefficient (Wildman–Crippen LogP) is 1.25. The molecule has 0 radical (unpaired) electrons. The van der Waals surface area contributed by atoms with Crippen molar-refractivity contribution >= 4 is 66.4 Å². The van der Waals surface area contributed by atoms with Gasteiger partial charge >= 0.3 is 13.6 Å². The lowest BCUT2D eigenvalue weighted by Gasteiger charge is -2.26. The molecular formula is C20H22FN9O10P2S2. The first-order valence-electron chi connectivity index (χ1n) is 12.8. The number of hydrogen-bond acceptors (Lipinski definition) is 15. The van der Waals surface area contributed by atoms with Gasteiger partial charge in [-0.2, -0.15) is 4.98 Å². The van der Waals surface area contributed by atoms with E-state index in [0.717, 1.165) is 17.2 Å². The number of alkyl halides is 1. The molecule has 3 saturated heterocycles. The first-order valence-corrected chi connectivity index (χ1v) is 18.2. The van der Waals surface area contributed by atoms with Crippen molar-refractivity contribution in [2.75, 3.05) is 18.9 Å². The molecule has 9 atom stereocenters. The van der Waals surface area contributed by atoms with E-state index in [1.54, 1.807) is 0 Å². The van der Waals surface area contributed by atoms with E-state index in [0.29, 0.717) is 0 Å². The highest BCUT2D eigenvalue weighted by molar-refractivity contribution is 8.44. The summed E-state index contributed by atoms with van der Waals surface area (Å²) >= 11 is 8.12. The zero-order valence-corrected chi connectivity index (χ0v) is 25.5. The molecule has 4 N–H and O–H groups in total. The third-order valence-electron chi connectivity index (χ3n) is 7.13. The van der Waals surface area contributed by atoms with Gasteiger partial charge in [0, 0.05) is 6.42 Å². The van der Waals surface area contributed by atoms with Crippen LogP contribution in [0.4, 0.5) is 10.3 Å². The Kier molecular flexibility index (Phi) is 7.51. The van der Waals surface area contributed by atoms with Crippen LogP contribution in [0.1, 0.15) is 18.9 Å². The van der Waals surface area contributed by atoms with Crippen molar-refractivity contribution in [2.24, 2.45) is 0 Å². The molecule has 0 aliphatic carbocycles. The van der Waals surface area contributed by atoms with Crippen molar-refractivity contribution < 1.29 is 41.1 Å². The van der Waals surface area contributed by atoms with Crippen LogP contribution in [0.5, 0.6) is 0 Å². The molecule has 0 spiro atoms. The summed E-state index contributed by atoms with van der Waals surface area (Å²) in [6.07, 6.45) is -5.92. The van der Waals surface area contributed by atoms with Crippen molar-refractivity contribution in [1.82, 2.24) is 39.0 Å². The molecule has 3 aliphatic heterocycles. The van der Waals surface area contributed by atoms with Gasteiger partial charge in [0.25, 0.3) is 11.1 Å². The maximum absolute atomic E-state index is 15.9. The Balaban J connectivity index is 1.19. The van der Waals surface area contributed by atoms with E-state index in [-0.39, 0.29) is 41.3 Å².